The van der Waals surface area contributed by atoms with Crippen LogP contribution in [0.2, 0.25) is 0 Å². The minimum absolute atomic E-state index is 0.255. The Morgan fingerprint density at radius 1 is 1.24 bits per heavy atom. The van der Waals surface area contributed by atoms with Crippen molar-refractivity contribution in [2.45, 2.75) is 47.0 Å². The molecule has 0 aliphatic carbocycles. The Morgan fingerprint density at radius 2 is 1.88 bits per heavy atom. The zero-order valence-electron chi connectivity index (χ0n) is 11.5. The van der Waals surface area contributed by atoms with Gasteiger partial charge in [0.25, 0.3) is 0 Å². The van der Waals surface area contributed by atoms with Crippen LogP contribution in [0.5, 0.6) is 5.75 Å². The van der Waals surface area contributed by atoms with Gasteiger partial charge in [-0.3, -0.25) is 0 Å². The van der Waals surface area contributed by atoms with Crippen molar-refractivity contribution in [3.63, 3.8) is 0 Å². The highest BCUT2D eigenvalue weighted by Crippen LogP contribution is 2.30. The molecule has 0 saturated heterocycles. The average Bonchev–Trinajstić information content (AvgIpc) is 2.25. The molecule has 0 saturated carbocycles. The first-order valence-corrected chi connectivity index (χ1v) is 6.10. The molecule has 0 aliphatic rings. The van der Waals surface area contributed by atoms with Crippen LogP contribution in [0.4, 0.5) is 0 Å². The van der Waals surface area contributed by atoms with Gasteiger partial charge in [0.05, 0.1) is 7.11 Å². The number of aryl methyl sites for hydroxylation is 2. The lowest BCUT2D eigenvalue weighted by Gasteiger charge is -2.16. The Morgan fingerprint density at radius 3 is 2.41 bits per heavy atom. The standard InChI is InChI=1S/C15H22O2/c1-10-9-11(2)14(8-6-7-12(3)16)15(17-5)13(10)4/h9H,6-8H2,1-5H3. The molecule has 0 aliphatic heterocycles. The lowest BCUT2D eigenvalue weighted by Crippen LogP contribution is -2.01. The first kappa shape index (κ1) is 13.8. The number of hydrogen-bond acceptors (Lipinski definition) is 2. The van der Waals surface area contributed by atoms with Crippen molar-refractivity contribution in [3.05, 3.63) is 28.3 Å². The van der Waals surface area contributed by atoms with Crippen molar-refractivity contribution < 1.29 is 9.53 Å². The molecule has 0 radical (unpaired) electrons. The fourth-order valence-corrected chi connectivity index (χ4v) is 2.21. The van der Waals surface area contributed by atoms with Gasteiger partial charge in [-0.15, -0.1) is 0 Å². The average molecular weight is 234 g/mol. The molecule has 0 heterocycles. The Labute approximate surface area is 104 Å². The van der Waals surface area contributed by atoms with Crippen LogP contribution in [0.25, 0.3) is 0 Å². The molecule has 0 amide bonds. The summed E-state index contributed by atoms with van der Waals surface area (Å²) in [6.07, 6.45) is 2.46. The number of rotatable bonds is 5. The number of Topliss-reactive ketones (excluding diaryl/α,β-unsaturated/α-hetero) is 1. The number of carbonyl (C=O) groups is 1. The van der Waals surface area contributed by atoms with Crippen molar-refractivity contribution in [1.29, 1.82) is 0 Å². The maximum absolute atomic E-state index is 11.0. The summed E-state index contributed by atoms with van der Waals surface area (Å²) in [7, 11) is 1.72. The zero-order chi connectivity index (χ0) is 13.0. The van der Waals surface area contributed by atoms with Crippen LogP contribution in [0.1, 0.15) is 42.0 Å². The minimum Gasteiger partial charge on any atom is -0.496 e. The Kier molecular flexibility index (Phi) is 4.73. The van der Waals surface area contributed by atoms with E-state index in [0.717, 1.165) is 18.6 Å². The number of ether oxygens (including phenoxy) is 1. The third-order valence-electron chi connectivity index (χ3n) is 3.27. The van der Waals surface area contributed by atoms with Crippen molar-refractivity contribution in [1.82, 2.24) is 0 Å². The Balaban J connectivity index is 2.97. The maximum atomic E-state index is 11.0. The number of benzene rings is 1. The van der Waals surface area contributed by atoms with Crippen molar-refractivity contribution in [3.8, 4) is 5.75 Å². The number of ketones is 1. The molecule has 17 heavy (non-hydrogen) atoms. The fourth-order valence-electron chi connectivity index (χ4n) is 2.21. The molecule has 0 atom stereocenters. The second kappa shape index (κ2) is 5.85. The minimum atomic E-state index is 0.255. The van der Waals surface area contributed by atoms with Gasteiger partial charge >= 0.3 is 0 Å². The Hall–Kier alpha value is -1.31. The molecule has 0 N–H and O–H groups in total. The number of carbonyl (C=O) groups excluding carboxylic acids is 1. The van der Waals surface area contributed by atoms with Gasteiger partial charge in [-0.05, 0) is 62.8 Å². The lowest BCUT2D eigenvalue weighted by atomic mass is 9.95. The molecule has 0 spiro atoms. The van der Waals surface area contributed by atoms with Crippen LogP contribution in [0.15, 0.2) is 6.07 Å². The molecule has 1 rings (SSSR count). The van der Waals surface area contributed by atoms with E-state index in [0.29, 0.717) is 6.42 Å². The van der Waals surface area contributed by atoms with Crippen LogP contribution in [0.3, 0.4) is 0 Å². The summed E-state index contributed by atoms with van der Waals surface area (Å²) in [5.41, 5.74) is 4.97. The molecule has 0 fully saturated rings. The molecule has 1 aromatic rings. The Bertz CT molecular complexity index is 419. The SMILES string of the molecule is COc1c(C)c(C)cc(C)c1CCCC(C)=O. The van der Waals surface area contributed by atoms with Gasteiger partial charge in [0.2, 0.25) is 0 Å². The van der Waals surface area contributed by atoms with E-state index in [1.165, 1.54) is 22.3 Å². The summed E-state index contributed by atoms with van der Waals surface area (Å²) < 4.78 is 5.51. The van der Waals surface area contributed by atoms with E-state index in [1.807, 2.05) is 0 Å². The van der Waals surface area contributed by atoms with E-state index in [-0.39, 0.29) is 5.78 Å². The monoisotopic (exact) mass is 234 g/mol. The number of methoxy groups -OCH3 is 1. The highest BCUT2D eigenvalue weighted by molar-refractivity contribution is 5.75. The fraction of sp³-hybridized carbons (Fsp3) is 0.533. The summed E-state index contributed by atoms with van der Waals surface area (Å²) in [6, 6.07) is 2.20. The van der Waals surface area contributed by atoms with Crippen LogP contribution >= 0.6 is 0 Å². The third kappa shape index (κ3) is 3.32. The van der Waals surface area contributed by atoms with Crippen LogP contribution in [0, 0.1) is 20.8 Å². The van der Waals surface area contributed by atoms with E-state index in [1.54, 1.807) is 14.0 Å². The highest BCUT2D eigenvalue weighted by atomic mass is 16.5. The molecule has 2 heteroatoms. The maximum Gasteiger partial charge on any atom is 0.129 e. The van der Waals surface area contributed by atoms with Crippen molar-refractivity contribution >= 4 is 5.78 Å². The van der Waals surface area contributed by atoms with Gasteiger partial charge < -0.3 is 9.53 Å². The van der Waals surface area contributed by atoms with Gasteiger partial charge in [0.1, 0.15) is 11.5 Å². The predicted molar refractivity (Wildman–Crippen MR) is 70.8 cm³/mol. The second-order valence-electron chi connectivity index (χ2n) is 4.70. The topological polar surface area (TPSA) is 26.3 Å². The first-order chi connectivity index (χ1) is 7.97. The lowest BCUT2D eigenvalue weighted by molar-refractivity contribution is -0.117. The van der Waals surface area contributed by atoms with Gasteiger partial charge in [-0.2, -0.15) is 0 Å². The molecule has 0 aromatic heterocycles. The van der Waals surface area contributed by atoms with Crippen molar-refractivity contribution in [2.75, 3.05) is 7.11 Å². The molecule has 0 bridgehead atoms. The number of hydrogen-bond donors (Lipinski definition) is 0. The van der Waals surface area contributed by atoms with E-state index < -0.39 is 0 Å². The van der Waals surface area contributed by atoms with E-state index in [9.17, 15) is 4.79 Å². The summed E-state index contributed by atoms with van der Waals surface area (Å²) in [4.78, 5) is 11.0. The molecule has 2 nitrogen and oxygen atoms in total. The van der Waals surface area contributed by atoms with E-state index in [4.69, 9.17) is 4.74 Å². The predicted octanol–water partition coefficient (Wildman–Crippen LogP) is 3.53. The summed E-state index contributed by atoms with van der Waals surface area (Å²) >= 11 is 0. The normalized spacial score (nSPS) is 10.4. The van der Waals surface area contributed by atoms with Gasteiger partial charge in [0.15, 0.2) is 0 Å². The first-order valence-electron chi connectivity index (χ1n) is 6.10. The summed E-state index contributed by atoms with van der Waals surface area (Å²) in [6.45, 7) is 7.94. The summed E-state index contributed by atoms with van der Waals surface area (Å²) in [5.74, 6) is 1.25. The molecular formula is C15H22O2. The quantitative estimate of drug-likeness (QED) is 0.779. The zero-order valence-corrected chi connectivity index (χ0v) is 11.5. The van der Waals surface area contributed by atoms with Crippen LogP contribution in [-0.2, 0) is 11.2 Å². The van der Waals surface area contributed by atoms with Crippen molar-refractivity contribution in [2.24, 2.45) is 0 Å². The molecule has 1 aromatic carbocycles. The smallest absolute Gasteiger partial charge is 0.129 e. The molecule has 0 unspecified atom stereocenters. The van der Waals surface area contributed by atoms with E-state index >= 15 is 0 Å². The summed E-state index contributed by atoms with van der Waals surface area (Å²) in [5, 5.41) is 0. The van der Waals surface area contributed by atoms with Gasteiger partial charge in [0, 0.05) is 6.42 Å². The van der Waals surface area contributed by atoms with Crippen LogP contribution < -0.4 is 4.74 Å². The van der Waals surface area contributed by atoms with Crippen LogP contribution in [-0.4, -0.2) is 12.9 Å². The second-order valence-corrected chi connectivity index (χ2v) is 4.70. The van der Waals surface area contributed by atoms with Gasteiger partial charge in [-0.25, -0.2) is 0 Å². The highest BCUT2D eigenvalue weighted by Gasteiger charge is 2.12. The molecular weight excluding hydrogens is 212 g/mol. The third-order valence-corrected chi connectivity index (χ3v) is 3.27. The largest absolute Gasteiger partial charge is 0.496 e. The molecule has 94 valence electrons. The van der Waals surface area contributed by atoms with E-state index in [2.05, 4.69) is 26.8 Å². The van der Waals surface area contributed by atoms with Gasteiger partial charge in [-0.1, -0.05) is 6.07 Å².